The predicted molar refractivity (Wildman–Crippen MR) is 74.1 cm³/mol. The molecule has 0 aromatic carbocycles. The summed E-state index contributed by atoms with van der Waals surface area (Å²) >= 11 is 3.47. The van der Waals surface area contributed by atoms with Gasteiger partial charge in [-0.25, -0.2) is 9.97 Å². The number of pyridine rings is 1. The number of anilines is 1. The Bertz CT molecular complexity index is 591. The minimum Gasteiger partial charge on any atom is -0.383 e. The molecule has 0 spiro atoms. The van der Waals surface area contributed by atoms with Crippen molar-refractivity contribution in [3.63, 3.8) is 0 Å². The molecule has 0 saturated heterocycles. The Hall–Kier alpha value is -1.49. The van der Waals surface area contributed by atoms with Crippen molar-refractivity contribution in [2.75, 3.05) is 5.73 Å². The fourth-order valence-corrected chi connectivity index (χ4v) is 2.34. The van der Waals surface area contributed by atoms with E-state index in [0.717, 1.165) is 21.4 Å². The number of rotatable bonds is 2. The maximum atomic E-state index is 5.94. The lowest BCUT2D eigenvalue weighted by atomic mass is 10.2. The Labute approximate surface area is 114 Å². The van der Waals surface area contributed by atoms with Crippen LogP contribution in [0.1, 0.15) is 30.1 Å². The highest BCUT2D eigenvalue weighted by atomic mass is 79.9. The Morgan fingerprint density at radius 3 is 2.67 bits per heavy atom. The number of aryl methyl sites for hydroxylation is 1. The number of aromatic nitrogens is 3. The van der Waals surface area contributed by atoms with Crippen LogP contribution >= 0.6 is 15.9 Å². The van der Waals surface area contributed by atoms with Crippen LogP contribution in [0.3, 0.4) is 0 Å². The minimum absolute atomic E-state index is 0.502. The second kappa shape index (κ2) is 4.31. The SMILES string of the molecule is Cc1ccc(-c2nc(N)c(Br)c(C3CC3)n2)cn1. The molecule has 0 unspecified atom stereocenters. The molecule has 1 saturated carbocycles. The lowest BCUT2D eigenvalue weighted by Gasteiger charge is -2.08. The summed E-state index contributed by atoms with van der Waals surface area (Å²) in [5.41, 5.74) is 8.84. The summed E-state index contributed by atoms with van der Waals surface area (Å²) in [6, 6.07) is 3.93. The first-order chi connectivity index (χ1) is 8.65. The third-order valence-corrected chi connectivity index (χ3v) is 3.85. The first kappa shape index (κ1) is 11.6. The van der Waals surface area contributed by atoms with Gasteiger partial charge in [0.1, 0.15) is 5.82 Å². The van der Waals surface area contributed by atoms with Crippen molar-refractivity contribution in [3.8, 4) is 11.4 Å². The van der Waals surface area contributed by atoms with Crippen molar-refractivity contribution in [2.24, 2.45) is 0 Å². The quantitative estimate of drug-likeness (QED) is 0.926. The van der Waals surface area contributed by atoms with Crippen LogP contribution in [0.5, 0.6) is 0 Å². The Kier molecular flexibility index (Phi) is 2.78. The number of nitrogen functional groups attached to an aromatic ring is 1. The van der Waals surface area contributed by atoms with E-state index >= 15 is 0 Å². The van der Waals surface area contributed by atoms with Gasteiger partial charge in [0.15, 0.2) is 5.82 Å². The number of hydrogen-bond acceptors (Lipinski definition) is 4. The fraction of sp³-hybridized carbons (Fsp3) is 0.308. The zero-order chi connectivity index (χ0) is 12.7. The van der Waals surface area contributed by atoms with E-state index in [1.165, 1.54) is 12.8 Å². The molecule has 2 aromatic heterocycles. The molecular weight excluding hydrogens is 292 g/mol. The van der Waals surface area contributed by atoms with E-state index in [2.05, 4.69) is 30.9 Å². The van der Waals surface area contributed by atoms with Crippen LogP contribution in [0.4, 0.5) is 5.82 Å². The predicted octanol–water partition coefficient (Wildman–Crippen LogP) is 3.07. The van der Waals surface area contributed by atoms with Gasteiger partial charge in [-0.1, -0.05) is 0 Å². The van der Waals surface area contributed by atoms with Gasteiger partial charge < -0.3 is 5.73 Å². The molecule has 18 heavy (non-hydrogen) atoms. The number of nitrogens with zero attached hydrogens (tertiary/aromatic N) is 3. The van der Waals surface area contributed by atoms with Crippen molar-refractivity contribution in [1.82, 2.24) is 15.0 Å². The van der Waals surface area contributed by atoms with Gasteiger partial charge in [-0.3, -0.25) is 4.98 Å². The zero-order valence-electron chi connectivity index (χ0n) is 10.0. The molecule has 5 heteroatoms. The van der Waals surface area contributed by atoms with Crippen LogP contribution < -0.4 is 5.73 Å². The monoisotopic (exact) mass is 304 g/mol. The summed E-state index contributed by atoms with van der Waals surface area (Å²) in [6.07, 6.45) is 4.15. The topological polar surface area (TPSA) is 64.7 Å². The average molecular weight is 305 g/mol. The molecule has 2 N–H and O–H groups in total. The van der Waals surface area contributed by atoms with Crippen LogP contribution in [-0.2, 0) is 0 Å². The summed E-state index contributed by atoms with van der Waals surface area (Å²) in [6.45, 7) is 1.95. The summed E-state index contributed by atoms with van der Waals surface area (Å²) in [7, 11) is 0. The molecule has 1 aliphatic rings. The molecule has 0 bridgehead atoms. The fourth-order valence-electron chi connectivity index (χ4n) is 1.84. The van der Waals surface area contributed by atoms with Crippen LogP contribution in [0.25, 0.3) is 11.4 Å². The molecule has 2 heterocycles. The molecule has 92 valence electrons. The molecule has 1 fully saturated rings. The highest BCUT2D eigenvalue weighted by Crippen LogP contribution is 2.43. The molecule has 3 rings (SSSR count). The lowest BCUT2D eigenvalue weighted by Crippen LogP contribution is -2.02. The van der Waals surface area contributed by atoms with Gasteiger partial charge in [-0.2, -0.15) is 0 Å². The Balaban J connectivity index is 2.09. The van der Waals surface area contributed by atoms with E-state index in [9.17, 15) is 0 Å². The molecule has 4 nitrogen and oxygen atoms in total. The normalized spacial score (nSPS) is 14.8. The van der Waals surface area contributed by atoms with E-state index in [-0.39, 0.29) is 0 Å². The highest BCUT2D eigenvalue weighted by Gasteiger charge is 2.29. The number of nitrogens with two attached hydrogens (primary N) is 1. The summed E-state index contributed by atoms with van der Waals surface area (Å²) in [5, 5.41) is 0. The molecule has 0 atom stereocenters. The molecule has 0 amide bonds. The first-order valence-electron chi connectivity index (χ1n) is 5.91. The van der Waals surface area contributed by atoms with E-state index < -0.39 is 0 Å². The van der Waals surface area contributed by atoms with Crippen molar-refractivity contribution in [2.45, 2.75) is 25.7 Å². The zero-order valence-corrected chi connectivity index (χ0v) is 11.6. The number of halogens is 1. The van der Waals surface area contributed by atoms with Gasteiger partial charge in [0.2, 0.25) is 0 Å². The average Bonchev–Trinajstić information content (AvgIpc) is 3.18. The van der Waals surface area contributed by atoms with Crippen LogP contribution in [0, 0.1) is 6.92 Å². The maximum absolute atomic E-state index is 5.94. The van der Waals surface area contributed by atoms with Crippen LogP contribution in [-0.4, -0.2) is 15.0 Å². The largest absolute Gasteiger partial charge is 0.383 e. The Morgan fingerprint density at radius 1 is 1.28 bits per heavy atom. The molecule has 0 aliphatic heterocycles. The maximum Gasteiger partial charge on any atom is 0.163 e. The van der Waals surface area contributed by atoms with Gasteiger partial charge in [0, 0.05) is 23.4 Å². The molecular formula is C13H13BrN4. The van der Waals surface area contributed by atoms with Gasteiger partial charge in [-0.05, 0) is 47.8 Å². The Morgan fingerprint density at radius 2 is 2.06 bits per heavy atom. The second-order valence-electron chi connectivity index (χ2n) is 4.59. The minimum atomic E-state index is 0.502. The van der Waals surface area contributed by atoms with E-state index in [0.29, 0.717) is 17.6 Å². The van der Waals surface area contributed by atoms with Crippen molar-refractivity contribution >= 4 is 21.7 Å². The van der Waals surface area contributed by atoms with Gasteiger partial charge in [-0.15, -0.1) is 0 Å². The van der Waals surface area contributed by atoms with Crippen LogP contribution in [0.15, 0.2) is 22.8 Å². The highest BCUT2D eigenvalue weighted by molar-refractivity contribution is 9.10. The van der Waals surface area contributed by atoms with Gasteiger partial charge in [0.05, 0.1) is 10.2 Å². The van der Waals surface area contributed by atoms with Crippen molar-refractivity contribution in [1.29, 1.82) is 0 Å². The summed E-state index contributed by atoms with van der Waals surface area (Å²) in [5.74, 6) is 1.69. The van der Waals surface area contributed by atoms with Crippen molar-refractivity contribution in [3.05, 3.63) is 34.2 Å². The van der Waals surface area contributed by atoms with Crippen LogP contribution in [0.2, 0.25) is 0 Å². The summed E-state index contributed by atoms with van der Waals surface area (Å²) < 4.78 is 0.842. The third kappa shape index (κ3) is 2.10. The van der Waals surface area contributed by atoms with Crippen molar-refractivity contribution < 1.29 is 0 Å². The first-order valence-corrected chi connectivity index (χ1v) is 6.70. The van der Waals surface area contributed by atoms with Gasteiger partial charge >= 0.3 is 0 Å². The van der Waals surface area contributed by atoms with Gasteiger partial charge in [0.25, 0.3) is 0 Å². The van der Waals surface area contributed by atoms with E-state index in [4.69, 9.17) is 5.73 Å². The van der Waals surface area contributed by atoms with E-state index in [1.807, 2.05) is 19.1 Å². The lowest BCUT2D eigenvalue weighted by molar-refractivity contribution is 0.982. The molecule has 0 radical (unpaired) electrons. The standard InChI is InChI=1S/C13H13BrN4/c1-7-2-3-9(6-16-7)13-17-11(8-4-5-8)10(14)12(15)18-13/h2-3,6,8H,4-5H2,1H3,(H2,15,17,18). The molecule has 1 aliphatic carbocycles. The number of hydrogen-bond donors (Lipinski definition) is 1. The van der Waals surface area contributed by atoms with E-state index in [1.54, 1.807) is 6.20 Å². The third-order valence-electron chi connectivity index (χ3n) is 3.04. The molecule has 2 aromatic rings. The second-order valence-corrected chi connectivity index (χ2v) is 5.39. The summed E-state index contributed by atoms with van der Waals surface area (Å²) in [4.78, 5) is 13.2. The smallest absolute Gasteiger partial charge is 0.163 e.